The van der Waals surface area contributed by atoms with Gasteiger partial charge >= 0.3 is 0 Å². The van der Waals surface area contributed by atoms with Crippen molar-refractivity contribution < 1.29 is 9.13 Å². The first-order valence-electron chi connectivity index (χ1n) is 6.91. The van der Waals surface area contributed by atoms with Crippen LogP contribution in [0.4, 0.5) is 4.39 Å². The van der Waals surface area contributed by atoms with Crippen LogP contribution >= 0.6 is 15.9 Å². The Bertz CT molecular complexity index is 624. The van der Waals surface area contributed by atoms with Crippen LogP contribution in [-0.2, 0) is 19.4 Å². The Kier molecular flexibility index (Phi) is 4.06. The number of benzene rings is 2. The molecule has 0 spiro atoms. The summed E-state index contributed by atoms with van der Waals surface area (Å²) in [6.07, 6.45) is 4.81. The second kappa shape index (κ2) is 5.96. The zero-order valence-electron chi connectivity index (χ0n) is 11.2. The van der Waals surface area contributed by atoms with Crippen molar-refractivity contribution >= 4 is 15.9 Å². The van der Waals surface area contributed by atoms with E-state index in [1.165, 1.54) is 30.0 Å². The minimum Gasteiger partial charge on any atom is -0.489 e. The average molecular weight is 335 g/mol. The Morgan fingerprint density at radius 2 is 1.80 bits per heavy atom. The monoisotopic (exact) mass is 334 g/mol. The van der Waals surface area contributed by atoms with Gasteiger partial charge in [0.05, 0.1) is 0 Å². The van der Waals surface area contributed by atoms with Gasteiger partial charge in [-0.25, -0.2) is 4.39 Å². The lowest BCUT2D eigenvalue weighted by atomic mass is 9.92. The van der Waals surface area contributed by atoms with Crippen molar-refractivity contribution in [2.75, 3.05) is 0 Å². The van der Waals surface area contributed by atoms with Crippen LogP contribution in [0.2, 0.25) is 0 Å². The number of aryl methyl sites for hydroxylation is 2. The molecule has 0 aliphatic heterocycles. The molecular formula is C17H16BrFO. The summed E-state index contributed by atoms with van der Waals surface area (Å²) < 4.78 is 20.2. The van der Waals surface area contributed by atoms with Gasteiger partial charge in [-0.2, -0.15) is 0 Å². The van der Waals surface area contributed by atoms with Gasteiger partial charge in [-0.1, -0.05) is 28.1 Å². The average Bonchev–Trinajstić information content (AvgIpc) is 2.46. The third kappa shape index (κ3) is 3.04. The first-order chi connectivity index (χ1) is 9.72. The lowest BCUT2D eigenvalue weighted by molar-refractivity contribution is 0.299. The topological polar surface area (TPSA) is 9.23 Å². The van der Waals surface area contributed by atoms with Crippen molar-refractivity contribution in [3.05, 3.63) is 63.4 Å². The summed E-state index contributed by atoms with van der Waals surface area (Å²) in [7, 11) is 0. The predicted octanol–water partition coefficient (Wildman–Crippen LogP) is 5.05. The molecule has 0 heterocycles. The van der Waals surface area contributed by atoms with Gasteiger partial charge in [-0.15, -0.1) is 0 Å². The zero-order valence-corrected chi connectivity index (χ0v) is 12.7. The fourth-order valence-corrected chi connectivity index (χ4v) is 2.93. The maximum atomic E-state index is 13.7. The Labute approximate surface area is 126 Å². The van der Waals surface area contributed by atoms with Crippen LogP contribution in [0.3, 0.4) is 0 Å². The molecule has 104 valence electrons. The van der Waals surface area contributed by atoms with Gasteiger partial charge in [0.1, 0.15) is 18.2 Å². The van der Waals surface area contributed by atoms with E-state index >= 15 is 0 Å². The van der Waals surface area contributed by atoms with Gasteiger partial charge < -0.3 is 4.74 Å². The highest BCUT2D eigenvalue weighted by molar-refractivity contribution is 9.10. The molecule has 20 heavy (non-hydrogen) atoms. The van der Waals surface area contributed by atoms with Gasteiger partial charge in [-0.3, -0.25) is 0 Å². The second-order valence-corrected chi connectivity index (χ2v) is 6.08. The summed E-state index contributed by atoms with van der Waals surface area (Å²) in [6.45, 7) is 0.262. The van der Waals surface area contributed by atoms with Crippen LogP contribution < -0.4 is 4.74 Å². The number of hydrogen-bond donors (Lipinski definition) is 0. The van der Waals surface area contributed by atoms with Gasteiger partial charge in [0.15, 0.2) is 0 Å². The van der Waals surface area contributed by atoms with Crippen molar-refractivity contribution in [3.8, 4) is 5.75 Å². The molecule has 0 fully saturated rings. The molecule has 0 N–H and O–H groups in total. The molecule has 2 aromatic carbocycles. The normalized spacial score (nSPS) is 13.9. The molecule has 1 nitrogen and oxygen atoms in total. The fourth-order valence-electron chi connectivity index (χ4n) is 2.60. The molecule has 0 amide bonds. The van der Waals surface area contributed by atoms with E-state index in [-0.39, 0.29) is 12.4 Å². The Morgan fingerprint density at radius 1 is 1.00 bits per heavy atom. The number of ether oxygens (including phenoxy) is 1. The van der Waals surface area contributed by atoms with E-state index in [2.05, 4.69) is 28.1 Å². The molecule has 1 aliphatic rings. The molecule has 3 rings (SSSR count). The fraction of sp³-hybridized carbons (Fsp3) is 0.294. The van der Waals surface area contributed by atoms with E-state index in [0.717, 1.165) is 23.1 Å². The summed E-state index contributed by atoms with van der Waals surface area (Å²) in [5.74, 6) is 0.588. The lowest BCUT2D eigenvalue weighted by Crippen LogP contribution is -2.04. The van der Waals surface area contributed by atoms with Crippen LogP contribution in [0.5, 0.6) is 5.75 Å². The molecule has 0 unspecified atom stereocenters. The summed E-state index contributed by atoms with van der Waals surface area (Å²) in [4.78, 5) is 0. The molecule has 0 radical (unpaired) electrons. The van der Waals surface area contributed by atoms with E-state index < -0.39 is 0 Å². The Hall–Kier alpha value is -1.35. The molecule has 0 saturated carbocycles. The maximum absolute atomic E-state index is 13.7. The molecule has 0 atom stereocenters. The summed E-state index contributed by atoms with van der Waals surface area (Å²) in [5.41, 5.74) is 3.38. The lowest BCUT2D eigenvalue weighted by Gasteiger charge is -2.17. The van der Waals surface area contributed by atoms with Crippen LogP contribution in [0.1, 0.15) is 29.5 Å². The van der Waals surface area contributed by atoms with Crippen molar-refractivity contribution in [2.45, 2.75) is 32.3 Å². The molecule has 2 aromatic rings. The highest BCUT2D eigenvalue weighted by Crippen LogP contribution is 2.26. The highest BCUT2D eigenvalue weighted by atomic mass is 79.9. The van der Waals surface area contributed by atoms with E-state index in [1.807, 2.05) is 12.1 Å². The predicted molar refractivity (Wildman–Crippen MR) is 81.5 cm³/mol. The van der Waals surface area contributed by atoms with Gasteiger partial charge in [0.2, 0.25) is 0 Å². The van der Waals surface area contributed by atoms with Crippen molar-refractivity contribution in [2.24, 2.45) is 0 Å². The largest absolute Gasteiger partial charge is 0.489 e. The van der Waals surface area contributed by atoms with Crippen molar-refractivity contribution in [3.63, 3.8) is 0 Å². The van der Waals surface area contributed by atoms with Crippen LogP contribution in [0.15, 0.2) is 40.9 Å². The van der Waals surface area contributed by atoms with E-state index in [9.17, 15) is 4.39 Å². The standard InChI is InChI=1S/C17H16BrFO/c18-15-7-5-14(17(19)10-15)11-20-16-8-6-12-3-1-2-4-13(12)9-16/h5-10H,1-4,11H2. The highest BCUT2D eigenvalue weighted by Gasteiger charge is 2.10. The maximum Gasteiger partial charge on any atom is 0.130 e. The van der Waals surface area contributed by atoms with Gasteiger partial charge in [0.25, 0.3) is 0 Å². The van der Waals surface area contributed by atoms with E-state index in [0.29, 0.717) is 5.56 Å². The summed E-state index contributed by atoms with van der Waals surface area (Å²) in [5, 5.41) is 0. The molecule has 0 aromatic heterocycles. The number of rotatable bonds is 3. The van der Waals surface area contributed by atoms with Crippen molar-refractivity contribution in [1.82, 2.24) is 0 Å². The third-order valence-corrected chi connectivity index (χ3v) is 4.22. The van der Waals surface area contributed by atoms with Crippen LogP contribution in [0.25, 0.3) is 0 Å². The number of halogens is 2. The molecule has 0 saturated heterocycles. The first kappa shape index (κ1) is 13.6. The van der Waals surface area contributed by atoms with Crippen LogP contribution in [0, 0.1) is 5.82 Å². The zero-order chi connectivity index (χ0) is 13.9. The van der Waals surface area contributed by atoms with Gasteiger partial charge in [-0.05, 0) is 61.1 Å². The minimum absolute atomic E-state index is 0.239. The van der Waals surface area contributed by atoms with Gasteiger partial charge in [0, 0.05) is 10.0 Å². The smallest absolute Gasteiger partial charge is 0.130 e. The second-order valence-electron chi connectivity index (χ2n) is 5.16. The first-order valence-corrected chi connectivity index (χ1v) is 7.70. The third-order valence-electron chi connectivity index (χ3n) is 3.73. The van der Waals surface area contributed by atoms with Crippen molar-refractivity contribution in [1.29, 1.82) is 0 Å². The summed E-state index contributed by atoms with van der Waals surface area (Å²) >= 11 is 3.25. The van der Waals surface area contributed by atoms with Crippen LogP contribution in [-0.4, -0.2) is 0 Å². The summed E-state index contributed by atoms with van der Waals surface area (Å²) in [6, 6.07) is 11.3. The molecule has 3 heteroatoms. The minimum atomic E-state index is -0.239. The number of fused-ring (bicyclic) bond motifs is 1. The van der Waals surface area contributed by atoms with E-state index in [1.54, 1.807) is 6.07 Å². The van der Waals surface area contributed by atoms with E-state index in [4.69, 9.17) is 4.74 Å². The molecular weight excluding hydrogens is 319 g/mol. The molecule has 1 aliphatic carbocycles. The Balaban J connectivity index is 1.72. The Morgan fingerprint density at radius 3 is 2.60 bits per heavy atom. The number of hydrogen-bond acceptors (Lipinski definition) is 1. The SMILES string of the molecule is Fc1cc(Br)ccc1COc1ccc2c(c1)CCCC2. The molecule has 0 bridgehead atoms. The quantitative estimate of drug-likeness (QED) is 0.763.